The molecule has 0 aliphatic rings. The first-order valence-corrected chi connectivity index (χ1v) is 7.23. The average Bonchev–Trinajstić information content (AvgIpc) is 2.49. The SMILES string of the molecule is ClC(CNCCCc1ccccc1)c1ccccc1. The van der Waals surface area contributed by atoms with Crippen molar-refractivity contribution in [3.63, 3.8) is 0 Å². The van der Waals surface area contributed by atoms with E-state index in [1.165, 1.54) is 11.1 Å². The minimum absolute atomic E-state index is 0.0536. The van der Waals surface area contributed by atoms with E-state index in [9.17, 15) is 0 Å². The van der Waals surface area contributed by atoms with Gasteiger partial charge in [-0.1, -0.05) is 60.7 Å². The summed E-state index contributed by atoms with van der Waals surface area (Å²) in [5.74, 6) is 0. The minimum atomic E-state index is 0.0536. The summed E-state index contributed by atoms with van der Waals surface area (Å²) in [6, 6.07) is 20.8. The first-order valence-electron chi connectivity index (χ1n) is 6.80. The van der Waals surface area contributed by atoms with Gasteiger partial charge in [-0.2, -0.15) is 0 Å². The molecule has 1 N–H and O–H groups in total. The van der Waals surface area contributed by atoms with Crippen LogP contribution in [0.25, 0.3) is 0 Å². The molecule has 1 nitrogen and oxygen atoms in total. The number of rotatable bonds is 7. The van der Waals surface area contributed by atoms with Gasteiger partial charge in [-0.05, 0) is 30.5 Å². The first kappa shape index (κ1) is 14.1. The third-order valence-corrected chi connectivity index (χ3v) is 3.55. The van der Waals surface area contributed by atoms with Gasteiger partial charge in [0.25, 0.3) is 0 Å². The van der Waals surface area contributed by atoms with E-state index in [0.29, 0.717) is 0 Å². The molecule has 0 aromatic heterocycles. The monoisotopic (exact) mass is 273 g/mol. The van der Waals surface area contributed by atoms with Crippen LogP contribution < -0.4 is 5.32 Å². The van der Waals surface area contributed by atoms with Crippen molar-refractivity contribution in [2.45, 2.75) is 18.2 Å². The molecule has 0 spiro atoms. The van der Waals surface area contributed by atoms with Crippen LogP contribution in [0.4, 0.5) is 0 Å². The summed E-state index contributed by atoms with van der Waals surface area (Å²) in [4.78, 5) is 0. The maximum atomic E-state index is 6.34. The fourth-order valence-electron chi connectivity index (χ4n) is 2.07. The molecule has 1 unspecified atom stereocenters. The van der Waals surface area contributed by atoms with E-state index in [1.807, 2.05) is 18.2 Å². The summed E-state index contributed by atoms with van der Waals surface area (Å²) in [5, 5.41) is 3.48. The lowest BCUT2D eigenvalue weighted by molar-refractivity contribution is 0.639. The van der Waals surface area contributed by atoms with Gasteiger partial charge >= 0.3 is 0 Å². The quantitative estimate of drug-likeness (QED) is 0.589. The molecule has 0 bridgehead atoms. The Morgan fingerprint density at radius 1 is 0.895 bits per heavy atom. The van der Waals surface area contributed by atoms with Crippen molar-refractivity contribution in [3.8, 4) is 0 Å². The number of hydrogen-bond acceptors (Lipinski definition) is 1. The van der Waals surface area contributed by atoms with Gasteiger partial charge in [-0.15, -0.1) is 11.6 Å². The maximum Gasteiger partial charge on any atom is 0.0709 e. The van der Waals surface area contributed by atoms with E-state index in [-0.39, 0.29) is 5.38 Å². The van der Waals surface area contributed by atoms with Crippen LogP contribution >= 0.6 is 11.6 Å². The molecule has 0 aliphatic carbocycles. The highest BCUT2D eigenvalue weighted by molar-refractivity contribution is 6.21. The molecule has 0 radical (unpaired) electrons. The number of benzene rings is 2. The highest BCUT2D eigenvalue weighted by Crippen LogP contribution is 2.18. The second-order valence-electron chi connectivity index (χ2n) is 4.67. The van der Waals surface area contributed by atoms with Crippen molar-refractivity contribution in [1.82, 2.24) is 5.32 Å². The zero-order valence-electron chi connectivity index (χ0n) is 11.1. The molecule has 0 saturated heterocycles. The Kier molecular flexibility index (Phi) is 5.93. The Balaban J connectivity index is 1.62. The van der Waals surface area contributed by atoms with Crippen LogP contribution in [0, 0.1) is 0 Å². The third kappa shape index (κ3) is 5.06. The van der Waals surface area contributed by atoms with Gasteiger partial charge in [0.1, 0.15) is 0 Å². The predicted molar refractivity (Wildman–Crippen MR) is 82.7 cm³/mol. The van der Waals surface area contributed by atoms with Gasteiger partial charge in [0.05, 0.1) is 5.38 Å². The summed E-state index contributed by atoms with van der Waals surface area (Å²) < 4.78 is 0. The average molecular weight is 274 g/mol. The number of nitrogens with one attached hydrogen (secondary N) is 1. The second-order valence-corrected chi connectivity index (χ2v) is 5.20. The van der Waals surface area contributed by atoms with Crippen molar-refractivity contribution < 1.29 is 0 Å². The summed E-state index contributed by atoms with van der Waals surface area (Å²) in [5.41, 5.74) is 2.58. The van der Waals surface area contributed by atoms with Gasteiger partial charge in [0, 0.05) is 6.54 Å². The van der Waals surface area contributed by atoms with Crippen molar-refractivity contribution >= 4 is 11.6 Å². The number of alkyl halides is 1. The summed E-state index contributed by atoms with van der Waals surface area (Å²) in [6.07, 6.45) is 2.26. The normalized spacial score (nSPS) is 12.3. The van der Waals surface area contributed by atoms with Crippen molar-refractivity contribution in [2.75, 3.05) is 13.1 Å². The molecule has 2 aromatic rings. The highest BCUT2D eigenvalue weighted by atomic mass is 35.5. The summed E-state index contributed by atoms with van der Waals surface area (Å²) >= 11 is 6.34. The van der Waals surface area contributed by atoms with Crippen molar-refractivity contribution in [2.24, 2.45) is 0 Å². The molecule has 0 heterocycles. The van der Waals surface area contributed by atoms with Gasteiger partial charge in [0.2, 0.25) is 0 Å². The van der Waals surface area contributed by atoms with E-state index in [0.717, 1.165) is 25.9 Å². The topological polar surface area (TPSA) is 12.0 Å². The fourth-order valence-corrected chi connectivity index (χ4v) is 2.33. The zero-order valence-corrected chi connectivity index (χ0v) is 11.8. The van der Waals surface area contributed by atoms with E-state index >= 15 is 0 Å². The summed E-state index contributed by atoms with van der Waals surface area (Å²) in [6.45, 7) is 1.82. The molecule has 19 heavy (non-hydrogen) atoms. The fraction of sp³-hybridized carbons (Fsp3) is 0.294. The van der Waals surface area contributed by atoms with Crippen LogP contribution in [0.2, 0.25) is 0 Å². The molecule has 100 valence electrons. The Labute approximate surface area is 120 Å². The van der Waals surface area contributed by atoms with Crippen molar-refractivity contribution in [1.29, 1.82) is 0 Å². The zero-order chi connectivity index (χ0) is 13.3. The lowest BCUT2D eigenvalue weighted by Crippen LogP contribution is -2.20. The molecule has 0 aliphatic heterocycles. The maximum absolute atomic E-state index is 6.34. The molecule has 1 atom stereocenters. The molecular weight excluding hydrogens is 254 g/mol. The Hall–Kier alpha value is -1.31. The first-order chi connectivity index (χ1) is 9.36. The molecule has 2 heteroatoms. The van der Waals surface area contributed by atoms with Gasteiger partial charge in [-0.3, -0.25) is 0 Å². The molecule has 2 rings (SSSR count). The Bertz CT molecular complexity index is 455. The van der Waals surface area contributed by atoms with E-state index in [1.54, 1.807) is 0 Å². The molecule has 0 amide bonds. The lowest BCUT2D eigenvalue weighted by Gasteiger charge is -2.11. The van der Waals surface area contributed by atoms with E-state index in [2.05, 4.69) is 47.8 Å². The van der Waals surface area contributed by atoms with Crippen molar-refractivity contribution in [3.05, 3.63) is 71.8 Å². The van der Waals surface area contributed by atoms with E-state index in [4.69, 9.17) is 11.6 Å². The smallest absolute Gasteiger partial charge is 0.0709 e. The van der Waals surface area contributed by atoms with Gasteiger partial charge < -0.3 is 5.32 Å². The van der Waals surface area contributed by atoms with Gasteiger partial charge in [0.15, 0.2) is 0 Å². The van der Waals surface area contributed by atoms with Crippen LogP contribution in [0.5, 0.6) is 0 Å². The standard InChI is InChI=1S/C17H20ClN/c18-17(16-11-5-2-6-12-16)14-19-13-7-10-15-8-3-1-4-9-15/h1-6,8-9,11-12,17,19H,7,10,13-14H2. The number of halogens is 1. The van der Waals surface area contributed by atoms with Gasteiger partial charge in [-0.25, -0.2) is 0 Å². The number of hydrogen-bond donors (Lipinski definition) is 1. The van der Waals surface area contributed by atoms with Crippen LogP contribution in [0.3, 0.4) is 0 Å². The Morgan fingerprint density at radius 3 is 2.21 bits per heavy atom. The predicted octanol–water partition coefficient (Wildman–Crippen LogP) is 4.19. The summed E-state index contributed by atoms with van der Waals surface area (Å²) in [7, 11) is 0. The molecule has 0 saturated carbocycles. The van der Waals surface area contributed by atoms with Crippen LogP contribution in [-0.4, -0.2) is 13.1 Å². The molecular formula is C17H20ClN. The van der Waals surface area contributed by atoms with Crippen LogP contribution in [-0.2, 0) is 6.42 Å². The largest absolute Gasteiger partial charge is 0.315 e. The second kappa shape index (κ2) is 7.98. The Morgan fingerprint density at radius 2 is 1.53 bits per heavy atom. The van der Waals surface area contributed by atoms with Crippen LogP contribution in [0.15, 0.2) is 60.7 Å². The number of aryl methyl sites for hydroxylation is 1. The highest BCUT2D eigenvalue weighted by Gasteiger charge is 2.05. The molecule has 0 fully saturated rings. The van der Waals surface area contributed by atoms with E-state index < -0.39 is 0 Å². The minimum Gasteiger partial charge on any atom is -0.315 e. The van der Waals surface area contributed by atoms with Crippen LogP contribution in [0.1, 0.15) is 22.9 Å². The lowest BCUT2D eigenvalue weighted by atomic mass is 10.1. The third-order valence-electron chi connectivity index (χ3n) is 3.15. The molecule has 2 aromatic carbocycles.